The molecule has 0 saturated heterocycles. The number of aliphatic hydroxyl groups is 1. The molecule has 0 aromatic rings. The van der Waals surface area contributed by atoms with Gasteiger partial charge in [-0.1, -0.05) is 6.08 Å². The summed E-state index contributed by atoms with van der Waals surface area (Å²) in [6.45, 7) is 8.22. The van der Waals surface area contributed by atoms with Gasteiger partial charge in [0.05, 0.1) is 12.2 Å². The maximum Gasteiger partial charge on any atom is 0.0886 e. The number of ether oxygens (including phenoxy) is 1. The Bertz CT molecular complexity index is 97.4. The third kappa shape index (κ3) is 4.53. The predicted molar refractivity (Wildman–Crippen MR) is 41.9 cm³/mol. The van der Waals surface area contributed by atoms with Gasteiger partial charge >= 0.3 is 0 Å². The molecule has 0 fully saturated rings. The van der Waals surface area contributed by atoms with Gasteiger partial charge in [-0.05, 0) is 20.3 Å². The molecule has 0 aliphatic rings. The molecule has 60 valence electrons. The number of hydrogen-bond acceptors (Lipinski definition) is 2. The maximum atomic E-state index is 9.45. The summed E-state index contributed by atoms with van der Waals surface area (Å²) < 4.78 is 5.05. The van der Waals surface area contributed by atoms with E-state index in [0.717, 1.165) is 0 Å². The van der Waals surface area contributed by atoms with Crippen molar-refractivity contribution in [2.24, 2.45) is 0 Å². The largest absolute Gasteiger partial charge is 0.387 e. The standard InChI is InChI=1S/C8H16O2/c1-4-6-8(3,9)7-10-5-2/h4,9H,1,5-7H2,2-3H3. The minimum absolute atomic E-state index is 0.384. The Balaban J connectivity index is 3.51. The fourth-order valence-corrected chi connectivity index (χ4v) is 0.692. The SMILES string of the molecule is C=CCC(C)(O)COCC. The van der Waals surface area contributed by atoms with Crippen molar-refractivity contribution < 1.29 is 9.84 Å². The second-order valence-corrected chi connectivity index (χ2v) is 2.63. The highest BCUT2D eigenvalue weighted by Crippen LogP contribution is 2.09. The van der Waals surface area contributed by atoms with Crippen LogP contribution in [0.5, 0.6) is 0 Å². The lowest BCUT2D eigenvalue weighted by molar-refractivity contribution is -0.0278. The molecule has 1 unspecified atom stereocenters. The molecule has 10 heavy (non-hydrogen) atoms. The molecular weight excluding hydrogens is 128 g/mol. The summed E-state index contributed by atoms with van der Waals surface area (Å²) in [7, 11) is 0. The normalized spacial score (nSPS) is 16.3. The van der Waals surface area contributed by atoms with E-state index in [0.29, 0.717) is 19.6 Å². The van der Waals surface area contributed by atoms with Crippen molar-refractivity contribution in [3.63, 3.8) is 0 Å². The van der Waals surface area contributed by atoms with E-state index in [2.05, 4.69) is 6.58 Å². The van der Waals surface area contributed by atoms with E-state index in [1.54, 1.807) is 13.0 Å². The van der Waals surface area contributed by atoms with E-state index in [1.807, 2.05) is 6.92 Å². The zero-order valence-corrected chi connectivity index (χ0v) is 6.76. The van der Waals surface area contributed by atoms with E-state index in [1.165, 1.54) is 0 Å². The van der Waals surface area contributed by atoms with Crippen molar-refractivity contribution in [3.05, 3.63) is 12.7 Å². The van der Waals surface area contributed by atoms with E-state index in [9.17, 15) is 5.11 Å². The van der Waals surface area contributed by atoms with Crippen LogP contribution in [-0.2, 0) is 4.74 Å². The molecule has 1 atom stereocenters. The summed E-state index contributed by atoms with van der Waals surface area (Å²) >= 11 is 0. The second-order valence-electron chi connectivity index (χ2n) is 2.63. The highest BCUT2D eigenvalue weighted by atomic mass is 16.5. The second kappa shape index (κ2) is 4.47. The highest BCUT2D eigenvalue weighted by Gasteiger charge is 2.17. The van der Waals surface area contributed by atoms with Crippen molar-refractivity contribution in [2.75, 3.05) is 13.2 Å². The molecule has 2 heteroatoms. The number of rotatable bonds is 5. The molecule has 1 N–H and O–H groups in total. The Hall–Kier alpha value is -0.340. The fraction of sp³-hybridized carbons (Fsp3) is 0.750. The van der Waals surface area contributed by atoms with Gasteiger partial charge < -0.3 is 9.84 Å². The molecule has 0 saturated carbocycles. The van der Waals surface area contributed by atoms with Crippen LogP contribution >= 0.6 is 0 Å². The van der Waals surface area contributed by atoms with Crippen LogP contribution in [0.2, 0.25) is 0 Å². The van der Waals surface area contributed by atoms with Crippen LogP contribution in [0.1, 0.15) is 20.3 Å². The van der Waals surface area contributed by atoms with Crippen molar-refractivity contribution in [1.29, 1.82) is 0 Å². The molecule has 0 bridgehead atoms. The lowest BCUT2D eigenvalue weighted by Crippen LogP contribution is -2.29. The zero-order valence-electron chi connectivity index (χ0n) is 6.76. The molecular formula is C8H16O2. The first-order valence-corrected chi connectivity index (χ1v) is 3.53. The average molecular weight is 144 g/mol. The lowest BCUT2D eigenvalue weighted by Gasteiger charge is -2.20. The van der Waals surface area contributed by atoms with Gasteiger partial charge in [-0.3, -0.25) is 0 Å². The minimum atomic E-state index is -0.738. The molecule has 0 aliphatic carbocycles. The van der Waals surface area contributed by atoms with E-state index in [4.69, 9.17) is 4.74 Å². The van der Waals surface area contributed by atoms with Gasteiger partial charge in [0.2, 0.25) is 0 Å². The van der Waals surface area contributed by atoms with Gasteiger partial charge in [-0.25, -0.2) is 0 Å². The quantitative estimate of drug-likeness (QED) is 0.590. The summed E-state index contributed by atoms with van der Waals surface area (Å²) in [4.78, 5) is 0. The zero-order chi connectivity index (χ0) is 8.04. The Morgan fingerprint density at radius 3 is 2.70 bits per heavy atom. The third-order valence-electron chi connectivity index (χ3n) is 1.20. The van der Waals surface area contributed by atoms with Gasteiger partial charge in [0, 0.05) is 6.61 Å². The van der Waals surface area contributed by atoms with E-state index in [-0.39, 0.29) is 0 Å². The molecule has 0 spiro atoms. The molecule has 0 aliphatic heterocycles. The van der Waals surface area contributed by atoms with Crippen LogP contribution in [0.15, 0.2) is 12.7 Å². The van der Waals surface area contributed by atoms with E-state index >= 15 is 0 Å². The van der Waals surface area contributed by atoms with E-state index < -0.39 is 5.60 Å². The first-order valence-electron chi connectivity index (χ1n) is 3.53. The summed E-state index contributed by atoms with van der Waals surface area (Å²) in [6.07, 6.45) is 2.27. The monoisotopic (exact) mass is 144 g/mol. The molecule has 0 amide bonds. The first kappa shape index (κ1) is 9.66. The Morgan fingerprint density at radius 1 is 1.70 bits per heavy atom. The Kier molecular flexibility index (Phi) is 4.32. The molecule has 0 aromatic carbocycles. The molecule has 0 rings (SSSR count). The predicted octanol–water partition coefficient (Wildman–Crippen LogP) is 1.35. The van der Waals surface area contributed by atoms with Gasteiger partial charge in [-0.15, -0.1) is 6.58 Å². The molecule has 0 aromatic heterocycles. The van der Waals surface area contributed by atoms with Gasteiger partial charge in [-0.2, -0.15) is 0 Å². The van der Waals surface area contributed by atoms with Crippen LogP contribution in [-0.4, -0.2) is 23.9 Å². The van der Waals surface area contributed by atoms with Crippen LogP contribution < -0.4 is 0 Å². The van der Waals surface area contributed by atoms with Crippen LogP contribution in [0.4, 0.5) is 0 Å². The summed E-state index contributed by atoms with van der Waals surface area (Å²) in [5, 5.41) is 9.45. The first-order chi connectivity index (χ1) is 4.62. The van der Waals surface area contributed by atoms with Crippen molar-refractivity contribution in [2.45, 2.75) is 25.9 Å². The fourth-order valence-electron chi connectivity index (χ4n) is 0.692. The highest BCUT2D eigenvalue weighted by molar-refractivity contribution is 4.82. The summed E-state index contributed by atoms with van der Waals surface area (Å²) in [5.41, 5.74) is -0.738. The van der Waals surface area contributed by atoms with Crippen LogP contribution in [0, 0.1) is 0 Å². The van der Waals surface area contributed by atoms with Crippen LogP contribution in [0.3, 0.4) is 0 Å². The molecule has 0 heterocycles. The maximum absolute atomic E-state index is 9.45. The summed E-state index contributed by atoms with van der Waals surface area (Å²) in [6, 6.07) is 0. The average Bonchev–Trinajstić information content (AvgIpc) is 1.84. The van der Waals surface area contributed by atoms with Gasteiger partial charge in [0.25, 0.3) is 0 Å². The number of hydrogen-bond donors (Lipinski definition) is 1. The topological polar surface area (TPSA) is 29.5 Å². The Labute approximate surface area is 62.5 Å². The molecule has 2 nitrogen and oxygen atoms in total. The van der Waals surface area contributed by atoms with Gasteiger partial charge in [0.15, 0.2) is 0 Å². The van der Waals surface area contributed by atoms with Crippen LogP contribution in [0.25, 0.3) is 0 Å². The van der Waals surface area contributed by atoms with Crippen molar-refractivity contribution >= 4 is 0 Å². The lowest BCUT2D eigenvalue weighted by atomic mass is 10.0. The van der Waals surface area contributed by atoms with Crippen molar-refractivity contribution in [1.82, 2.24) is 0 Å². The minimum Gasteiger partial charge on any atom is -0.387 e. The molecule has 0 radical (unpaired) electrons. The third-order valence-corrected chi connectivity index (χ3v) is 1.20. The summed E-state index contributed by atoms with van der Waals surface area (Å²) in [5.74, 6) is 0. The smallest absolute Gasteiger partial charge is 0.0886 e. The van der Waals surface area contributed by atoms with Gasteiger partial charge in [0.1, 0.15) is 0 Å². The Morgan fingerprint density at radius 2 is 2.30 bits per heavy atom. The van der Waals surface area contributed by atoms with Crippen molar-refractivity contribution in [3.8, 4) is 0 Å².